The van der Waals surface area contributed by atoms with E-state index in [0.717, 1.165) is 25.5 Å². The van der Waals surface area contributed by atoms with Gasteiger partial charge in [-0.1, -0.05) is 13.8 Å². The molecule has 0 aliphatic rings. The molecule has 0 radical (unpaired) electrons. The van der Waals surface area contributed by atoms with Crippen molar-refractivity contribution < 1.29 is 8.78 Å². The van der Waals surface area contributed by atoms with Crippen molar-refractivity contribution in [3.8, 4) is 0 Å². The van der Waals surface area contributed by atoms with Gasteiger partial charge in [0, 0.05) is 12.1 Å². The molecular formula is C13H19F2N. The van der Waals surface area contributed by atoms with Crippen LogP contribution in [0.3, 0.4) is 0 Å². The average molecular weight is 227 g/mol. The Morgan fingerprint density at radius 2 is 1.62 bits per heavy atom. The second-order valence-corrected chi connectivity index (χ2v) is 4.00. The van der Waals surface area contributed by atoms with E-state index < -0.39 is 11.6 Å². The van der Waals surface area contributed by atoms with E-state index in [2.05, 4.69) is 19.2 Å². The molecule has 1 aromatic carbocycles. The van der Waals surface area contributed by atoms with Crippen LogP contribution in [-0.2, 0) is 6.42 Å². The van der Waals surface area contributed by atoms with E-state index in [4.69, 9.17) is 0 Å². The minimum atomic E-state index is -0.502. The van der Waals surface area contributed by atoms with Gasteiger partial charge in [-0.25, -0.2) is 8.78 Å². The topological polar surface area (TPSA) is 12.0 Å². The zero-order chi connectivity index (χ0) is 12.0. The van der Waals surface area contributed by atoms with Gasteiger partial charge in [0.15, 0.2) is 0 Å². The molecule has 3 heteroatoms. The molecule has 0 atom stereocenters. The predicted octanol–water partition coefficient (Wildman–Crippen LogP) is 3.29. The number of halogens is 2. The lowest BCUT2D eigenvalue weighted by Crippen LogP contribution is -2.29. The third kappa shape index (κ3) is 4.27. The smallest absolute Gasteiger partial charge is 0.126 e. The molecule has 1 nitrogen and oxygen atoms in total. The molecule has 0 spiro atoms. The van der Waals surface area contributed by atoms with Gasteiger partial charge < -0.3 is 5.32 Å². The van der Waals surface area contributed by atoms with Crippen molar-refractivity contribution in [1.29, 1.82) is 0 Å². The number of hydrogen-bond acceptors (Lipinski definition) is 1. The highest BCUT2D eigenvalue weighted by Crippen LogP contribution is 2.08. The van der Waals surface area contributed by atoms with Crippen LogP contribution in [0.4, 0.5) is 8.78 Å². The summed E-state index contributed by atoms with van der Waals surface area (Å²) in [5.74, 6) is -1.00. The van der Waals surface area contributed by atoms with Crippen LogP contribution in [0.2, 0.25) is 0 Å². The molecule has 0 aliphatic heterocycles. The second kappa shape index (κ2) is 6.59. The van der Waals surface area contributed by atoms with E-state index in [9.17, 15) is 8.78 Å². The molecule has 16 heavy (non-hydrogen) atoms. The van der Waals surface area contributed by atoms with Crippen molar-refractivity contribution in [2.45, 2.75) is 39.2 Å². The molecule has 0 saturated heterocycles. The molecule has 0 fully saturated rings. The standard InChI is InChI=1S/C13H19F2N/c1-3-13(4-2)16-6-5-10-7-11(14)9-12(15)8-10/h7-9,13,16H,3-6H2,1-2H3. The van der Waals surface area contributed by atoms with Gasteiger partial charge in [0.1, 0.15) is 11.6 Å². The number of benzene rings is 1. The van der Waals surface area contributed by atoms with Gasteiger partial charge in [-0.2, -0.15) is 0 Å². The first-order valence-corrected chi connectivity index (χ1v) is 5.84. The SMILES string of the molecule is CCC(CC)NCCc1cc(F)cc(F)c1. The van der Waals surface area contributed by atoms with Gasteiger partial charge >= 0.3 is 0 Å². The molecule has 90 valence electrons. The Morgan fingerprint density at radius 3 is 2.12 bits per heavy atom. The number of nitrogens with one attached hydrogen (secondary N) is 1. The van der Waals surface area contributed by atoms with Crippen molar-refractivity contribution >= 4 is 0 Å². The van der Waals surface area contributed by atoms with Crippen LogP contribution >= 0.6 is 0 Å². The van der Waals surface area contributed by atoms with Crippen molar-refractivity contribution in [2.24, 2.45) is 0 Å². The normalized spacial score (nSPS) is 11.1. The summed E-state index contributed by atoms with van der Waals surface area (Å²) in [5, 5.41) is 3.36. The Labute approximate surface area is 95.9 Å². The largest absolute Gasteiger partial charge is 0.314 e. The van der Waals surface area contributed by atoms with Crippen LogP contribution in [0.1, 0.15) is 32.3 Å². The second-order valence-electron chi connectivity index (χ2n) is 4.00. The van der Waals surface area contributed by atoms with Crippen LogP contribution in [0.15, 0.2) is 18.2 Å². The van der Waals surface area contributed by atoms with Crippen LogP contribution in [0.25, 0.3) is 0 Å². The summed E-state index contributed by atoms with van der Waals surface area (Å²) in [6, 6.07) is 4.17. The molecule has 0 aromatic heterocycles. The third-order valence-corrected chi connectivity index (χ3v) is 2.75. The maximum absolute atomic E-state index is 12.9. The number of hydrogen-bond donors (Lipinski definition) is 1. The van der Waals surface area contributed by atoms with Crippen LogP contribution in [0.5, 0.6) is 0 Å². The lowest BCUT2D eigenvalue weighted by molar-refractivity contribution is 0.487. The van der Waals surface area contributed by atoms with Crippen LogP contribution < -0.4 is 5.32 Å². The summed E-state index contributed by atoms with van der Waals surface area (Å²) >= 11 is 0. The summed E-state index contributed by atoms with van der Waals surface area (Å²) in [6.45, 7) is 5.02. The Kier molecular flexibility index (Phi) is 5.39. The fraction of sp³-hybridized carbons (Fsp3) is 0.538. The van der Waals surface area contributed by atoms with Gasteiger partial charge in [-0.15, -0.1) is 0 Å². The van der Waals surface area contributed by atoms with E-state index in [0.29, 0.717) is 18.0 Å². The fourth-order valence-electron chi connectivity index (χ4n) is 1.75. The van der Waals surface area contributed by atoms with E-state index >= 15 is 0 Å². The zero-order valence-electron chi connectivity index (χ0n) is 9.89. The minimum absolute atomic E-state index is 0.499. The highest BCUT2D eigenvalue weighted by molar-refractivity contribution is 5.18. The Bertz CT molecular complexity index is 301. The summed E-state index contributed by atoms with van der Waals surface area (Å²) in [7, 11) is 0. The average Bonchev–Trinajstić information content (AvgIpc) is 2.23. The van der Waals surface area contributed by atoms with E-state index in [1.54, 1.807) is 0 Å². The van der Waals surface area contributed by atoms with Gasteiger partial charge in [0.05, 0.1) is 0 Å². The third-order valence-electron chi connectivity index (χ3n) is 2.75. The fourth-order valence-corrected chi connectivity index (χ4v) is 1.75. The van der Waals surface area contributed by atoms with Crippen LogP contribution in [0, 0.1) is 11.6 Å². The van der Waals surface area contributed by atoms with Gasteiger partial charge in [-0.05, 0) is 43.5 Å². The quantitative estimate of drug-likeness (QED) is 0.786. The Balaban J connectivity index is 2.42. The molecule has 0 unspecified atom stereocenters. The maximum atomic E-state index is 12.9. The lowest BCUT2D eigenvalue weighted by atomic mass is 10.1. The molecule has 0 aliphatic carbocycles. The summed E-state index contributed by atoms with van der Waals surface area (Å²) in [4.78, 5) is 0. The monoisotopic (exact) mass is 227 g/mol. The Morgan fingerprint density at radius 1 is 1.06 bits per heavy atom. The summed E-state index contributed by atoms with van der Waals surface area (Å²) in [6.07, 6.45) is 2.81. The van der Waals surface area contributed by atoms with E-state index in [-0.39, 0.29) is 0 Å². The van der Waals surface area contributed by atoms with Gasteiger partial charge in [0.2, 0.25) is 0 Å². The summed E-state index contributed by atoms with van der Waals surface area (Å²) < 4.78 is 25.8. The van der Waals surface area contributed by atoms with E-state index in [1.165, 1.54) is 12.1 Å². The molecule has 1 aromatic rings. The number of rotatable bonds is 6. The maximum Gasteiger partial charge on any atom is 0.126 e. The molecule has 0 saturated carbocycles. The molecule has 1 N–H and O–H groups in total. The highest BCUT2D eigenvalue weighted by Gasteiger charge is 2.03. The summed E-state index contributed by atoms with van der Waals surface area (Å²) in [5.41, 5.74) is 0.705. The first kappa shape index (κ1) is 13.1. The molecule has 0 bridgehead atoms. The highest BCUT2D eigenvalue weighted by atomic mass is 19.1. The molecule has 1 rings (SSSR count). The minimum Gasteiger partial charge on any atom is -0.314 e. The lowest BCUT2D eigenvalue weighted by Gasteiger charge is -2.14. The van der Waals surface area contributed by atoms with Crippen molar-refractivity contribution in [2.75, 3.05) is 6.54 Å². The molecular weight excluding hydrogens is 208 g/mol. The predicted molar refractivity (Wildman–Crippen MR) is 62.4 cm³/mol. The first-order valence-electron chi connectivity index (χ1n) is 5.84. The van der Waals surface area contributed by atoms with E-state index in [1.807, 2.05) is 0 Å². The van der Waals surface area contributed by atoms with Gasteiger partial charge in [-0.3, -0.25) is 0 Å². The van der Waals surface area contributed by atoms with Crippen molar-refractivity contribution in [1.82, 2.24) is 5.32 Å². The van der Waals surface area contributed by atoms with Crippen molar-refractivity contribution in [3.63, 3.8) is 0 Å². The molecule has 0 amide bonds. The first-order chi connectivity index (χ1) is 7.65. The molecule has 0 heterocycles. The van der Waals surface area contributed by atoms with Gasteiger partial charge in [0.25, 0.3) is 0 Å². The Hall–Kier alpha value is -0.960. The van der Waals surface area contributed by atoms with Crippen molar-refractivity contribution in [3.05, 3.63) is 35.4 Å². The zero-order valence-corrected chi connectivity index (χ0v) is 9.89. The van der Waals surface area contributed by atoms with Crippen LogP contribution in [-0.4, -0.2) is 12.6 Å².